The highest BCUT2D eigenvalue weighted by Crippen LogP contribution is 2.31. The molecule has 0 spiro atoms. The fourth-order valence-electron chi connectivity index (χ4n) is 2.18. The standard InChI is InChI=1S/C18H25F3N2O4/c1-17(2,3)27-16(25)23-14(11-15(24)22-8-9-26-4)12-6-5-7-13(10-12)18(19,20)21/h5-7,10,14H,8-9,11H2,1-4H3,(H,22,24)(H,23,25). The van der Waals surface area contributed by atoms with Crippen molar-refractivity contribution in [2.45, 2.75) is 45.0 Å². The molecule has 9 heteroatoms. The first-order valence-electron chi connectivity index (χ1n) is 8.34. The minimum Gasteiger partial charge on any atom is -0.444 e. The quantitative estimate of drug-likeness (QED) is 0.700. The number of hydrogen-bond acceptors (Lipinski definition) is 4. The number of ether oxygens (including phenoxy) is 2. The molecule has 27 heavy (non-hydrogen) atoms. The predicted octanol–water partition coefficient (Wildman–Crippen LogP) is 3.42. The first-order valence-corrected chi connectivity index (χ1v) is 8.34. The van der Waals surface area contributed by atoms with Gasteiger partial charge < -0.3 is 20.1 Å². The van der Waals surface area contributed by atoms with Gasteiger partial charge >= 0.3 is 12.3 Å². The number of alkyl carbamates (subject to hydrolysis) is 1. The smallest absolute Gasteiger partial charge is 0.416 e. The largest absolute Gasteiger partial charge is 0.444 e. The van der Waals surface area contributed by atoms with Crippen molar-refractivity contribution in [1.82, 2.24) is 10.6 Å². The summed E-state index contributed by atoms with van der Waals surface area (Å²) in [5.74, 6) is -0.439. The summed E-state index contributed by atoms with van der Waals surface area (Å²) in [7, 11) is 1.47. The Morgan fingerprint density at radius 2 is 1.85 bits per heavy atom. The molecule has 1 aromatic carbocycles. The summed E-state index contributed by atoms with van der Waals surface area (Å²) < 4.78 is 48.9. The summed E-state index contributed by atoms with van der Waals surface area (Å²) in [6.07, 6.45) is -5.60. The third kappa shape index (κ3) is 8.76. The first-order chi connectivity index (χ1) is 12.4. The van der Waals surface area contributed by atoms with Crippen LogP contribution >= 0.6 is 0 Å². The van der Waals surface area contributed by atoms with Gasteiger partial charge in [0.25, 0.3) is 0 Å². The topological polar surface area (TPSA) is 76.7 Å². The zero-order valence-electron chi connectivity index (χ0n) is 15.8. The predicted molar refractivity (Wildman–Crippen MR) is 93.1 cm³/mol. The Morgan fingerprint density at radius 3 is 2.41 bits per heavy atom. The van der Waals surface area contributed by atoms with E-state index in [1.165, 1.54) is 19.2 Å². The zero-order valence-corrected chi connectivity index (χ0v) is 15.8. The molecule has 0 aliphatic carbocycles. The minimum absolute atomic E-state index is 0.151. The van der Waals surface area contributed by atoms with Crippen LogP contribution in [-0.2, 0) is 20.4 Å². The Kier molecular flexibility index (Phi) is 8.08. The fraction of sp³-hybridized carbons (Fsp3) is 0.556. The van der Waals surface area contributed by atoms with Gasteiger partial charge in [-0.3, -0.25) is 4.79 Å². The highest BCUT2D eigenvalue weighted by atomic mass is 19.4. The Morgan fingerprint density at radius 1 is 1.19 bits per heavy atom. The van der Waals surface area contributed by atoms with Gasteiger partial charge in [-0.05, 0) is 38.5 Å². The molecule has 0 aromatic heterocycles. The van der Waals surface area contributed by atoms with E-state index in [0.29, 0.717) is 6.61 Å². The van der Waals surface area contributed by atoms with Crippen molar-refractivity contribution in [1.29, 1.82) is 0 Å². The van der Waals surface area contributed by atoms with E-state index in [2.05, 4.69) is 10.6 Å². The molecule has 1 unspecified atom stereocenters. The molecule has 152 valence electrons. The lowest BCUT2D eigenvalue weighted by Gasteiger charge is -2.24. The maximum Gasteiger partial charge on any atom is 0.416 e. The maximum atomic E-state index is 13.0. The lowest BCUT2D eigenvalue weighted by molar-refractivity contribution is -0.137. The van der Waals surface area contributed by atoms with Gasteiger partial charge in [0.15, 0.2) is 0 Å². The average Bonchev–Trinajstić information content (AvgIpc) is 2.52. The number of carbonyl (C=O) groups is 2. The third-order valence-electron chi connectivity index (χ3n) is 3.33. The van der Waals surface area contributed by atoms with E-state index in [4.69, 9.17) is 9.47 Å². The van der Waals surface area contributed by atoms with Crippen molar-refractivity contribution in [2.24, 2.45) is 0 Å². The van der Waals surface area contributed by atoms with Crippen molar-refractivity contribution in [3.8, 4) is 0 Å². The number of carbonyl (C=O) groups excluding carboxylic acids is 2. The molecule has 0 radical (unpaired) electrons. The Hall–Kier alpha value is -2.29. The molecule has 0 aliphatic heterocycles. The zero-order chi connectivity index (χ0) is 20.7. The molecule has 0 fully saturated rings. The molecule has 1 aromatic rings. The van der Waals surface area contributed by atoms with Gasteiger partial charge in [0.2, 0.25) is 5.91 Å². The van der Waals surface area contributed by atoms with E-state index >= 15 is 0 Å². The van der Waals surface area contributed by atoms with Crippen LogP contribution in [-0.4, -0.2) is 37.9 Å². The summed E-state index contributed by atoms with van der Waals surface area (Å²) >= 11 is 0. The molecular formula is C18H25F3N2O4. The van der Waals surface area contributed by atoms with Crippen LogP contribution in [0.4, 0.5) is 18.0 Å². The van der Waals surface area contributed by atoms with E-state index in [1.807, 2.05) is 0 Å². The van der Waals surface area contributed by atoms with Crippen LogP contribution in [0.15, 0.2) is 24.3 Å². The van der Waals surface area contributed by atoms with Crippen LogP contribution in [0.2, 0.25) is 0 Å². The Labute approximate surface area is 156 Å². The van der Waals surface area contributed by atoms with Crippen molar-refractivity contribution >= 4 is 12.0 Å². The summed E-state index contributed by atoms with van der Waals surface area (Å²) in [4.78, 5) is 24.1. The molecule has 2 amide bonds. The number of halogens is 3. The molecule has 2 N–H and O–H groups in total. The van der Waals surface area contributed by atoms with Gasteiger partial charge in [-0.2, -0.15) is 13.2 Å². The number of hydrogen-bond donors (Lipinski definition) is 2. The van der Waals surface area contributed by atoms with Gasteiger partial charge in [-0.25, -0.2) is 4.79 Å². The number of rotatable bonds is 7. The van der Waals surface area contributed by atoms with Gasteiger partial charge in [0.1, 0.15) is 5.60 Å². The fourth-order valence-corrected chi connectivity index (χ4v) is 2.18. The van der Waals surface area contributed by atoms with E-state index in [1.54, 1.807) is 20.8 Å². The summed E-state index contributed by atoms with van der Waals surface area (Å²) in [5.41, 5.74) is -1.50. The van der Waals surface area contributed by atoms with Crippen molar-refractivity contribution < 1.29 is 32.2 Å². The lowest BCUT2D eigenvalue weighted by Crippen LogP contribution is -2.38. The van der Waals surface area contributed by atoms with E-state index in [0.717, 1.165) is 12.1 Å². The summed E-state index contributed by atoms with van der Waals surface area (Å²) in [6, 6.07) is 3.49. The highest BCUT2D eigenvalue weighted by molar-refractivity contribution is 5.78. The molecular weight excluding hydrogens is 365 g/mol. The van der Waals surface area contributed by atoms with Gasteiger partial charge in [0.05, 0.1) is 24.6 Å². The number of nitrogens with one attached hydrogen (secondary N) is 2. The Balaban J connectivity index is 2.99. The van der Waals surface area contributed by atoms with Crippen molar-refractivity contribution in [2.75, 3.05) is 20.3 Å². The minimum atomic E-state index is -4.53. The SMILES string of the molecule is COCCNC(=O)CC(NC(=O)OC(C)(C)C)c1cccc(C(F)(F)F)c1. The maximum absolute atomic E-state index is 13.0. The second-order valence-electron chi connectivity index (χ2n) is 6.87. The molecule has 0 heterocycles. The lowest BCUT2D eigenvalue weighted by atomic mass is 10.0. The molecule has 0 aliphatic rings. The van der Waals surface area contributed by atoms with Gasteiger partial charge in [-0.1, -0.05) is 12.1 Å². The van der Waals surface area contributed by atoms with Crippen LogP contribution in [0.25, 0.3) is 0 Å². The Bertz CT molecular complexity index is 642. The second-order valence-corrected chi connectivity index (χ2v) is 6.87. The van der Waals surface area contributed by atoms with Crippen LogP contribution in [0.3, 0.4) is 0 Å². The van der Waals surface area contributed by atoms with Crippen molar-refractivity contribution in [3.05, 3.63) is 35.4 Å². The van der Waals surface area contributed by atoms with E-state index in [9.17, 15) is 22.8 Å². The molecule has 1 rings (SSSR count). The van der Waals surface area contributed by atoms with Crippen LogP contribution < -0.4 is 10.6 Å². The average molecular weight is 390 g/mol. The number of methoxy groups -OCH3 is 1. The van der Waals surface area contributed by atoms with Crippen LogP contribution in [0.5, 0.6) is 0 Å². The van der Waals surface area contributed by atoms with E-state index < -0.39 is 35.4 Å². The number of alkyl halides is 3. The van der Waals surface area contributed by atoms with Gasteiger partial charge in [0, 0.05) is 13.7 Å². The third-order valence-corrected chi connectivity index (χ3v) is 3.33. The van der Waals surface area contributed by atoms with E-state index in [-0.39, 0.29) is 18.5 Å². The first kappa shape index (κ1) is 22.8. The molecule has 0 bridgehead atoms. The van der Waals surface area contributed by atoms with Gasteiger partial charge in [-0.15, -0.1) is 0 Å². The normalized spacial score (nSPS) is 13.0. The molecule has 6 nitrogen and oxygen atoms in total. The monoisotopic (exact) mass is 390 g/mol. The molecule has 0 saturated carbocycles. The highest BCUT2D eigenvalue weighted by Gasteiger charge is 2.31. The molecule has 0 saturated heterocycles. The van der Waals surface area contributed by atoms with Crippen LogP contribution in [0, 0.1) is 0 Å². The second kappa shape index (κ2) is 9.59. The number of benzene rings is 1. The van der Waals surface area contributed by atoms with Crippen LogP contribution in [0.1, 0.15) is 44.4 Å². The summed E-state index contributed by atoms with van der Waals surface area (Å²) in [5, 5.41) is 5.04. The molecule has 1 atom stereocenters. The number of amides is 2. The van der Waals surface area contributed by atoms with Crippen molar-refractivity contribution in [3.63, 3.8) is 0 Å². The summed E-state index contributed by atoms with van der Waals surface area (Å²) in [6.45, 7) is 5.51.